The Morgan fingerprint density at radius 3 is 2.57 bits per heavy atom. The molecule has 10 heteroatoms. The van der Waals surface area contributed by atoms with E-state index in [1.165, 1.54) is 0 Å². The van der Waals surface area contributed by atoms with Crippen molar-refractivity contribution in [3.8, 4) is 11.3 Å². The van der Waals surface area contributed by atoms with E-state index < -0.39 is 5.82 Å². The summed E-state index contributed by atoms with van der Waals surface area (Å²) in [5.74, 6) is 0.130. The molecule has 0 spiro atoms. The van der Waals surface area contributed by atoms with Crippen LogP contribution in [0, 0.1) is 5.82 Å². The normalized spacial score (nSPS) is 14.4. The quantitative estimate of drug-likeness (QED) is 0.457. The minimum atomic E-state index is -0.522. The lowest BCUT2D eigenvalue weighted by molar-refractivity contribution is 0.0643. The molecular weight excluding hydrogens is 447 g/mol. The van der Waals surface area contributed by atoms with Gasteiger partial charge >= 0.3 is 0 Å². The van der Waals surface area contributed by atoms with Crippen LogP contribution in [0.25, 0.3) is 22.3 Å². The molecular formula is C25H27FN8O. The van der Waals surface area contributed by atoms with Crippen LogP contribution in [0.15, 0.2) is 49.1 Å². The zero-order valence-electron chi connectivity index (χ0n) is 19.8. The minimum Gasteiger partial charge on any atom is -0.336 e. The molecule has 4 aromatic rings. The summed E-state index contributed by atoms with van der Waals surface area (Å²) >= 11 is 0. The molecule has 180 valence electrons. The molecule has 0 radical (unpaired) electrons. The molecule has 1 saturated heterocycles. The maximum Gasteiger partial charge on any atom is 0.255 e. The lowest BCUT2D eigenvalue weighted by atomic mass is 10.1. The van der Waals surface area contributed by atoms with E-state index in [0.717, 1.165) is 36.9 Å². The molecule has 1 amide bonds. The molecule has 1 aliphatic heterocycles. The number of nitrogens with zero attached hydrogens (tertiary/aromatic N) is 7. The predicted octanol–water partition coefficient (Wildman–Crippen LogP) is 3.57. The lowest BCUT2D eigenvalue weighted by Gasteiger charge is -2.34. The third-order valence-corrected chi connectivity index (χ3v) is 6.33. The van der Waals surface area contributed by atoms with Gasteiger partial charge in [-0.25, -0.2) is 24.3 Å². The predicted molar refractivity (Wildman–Crippen MR) is 132 cm³/mol. The number of piperazine rings is 1. The second-order valence-electron chi connectivity index (χ2n) is 8.38. The van der Waals surface area contributed by atoms with E-state index in [2.05, 4.69) is 37.1 Å². The number of hydrogen-bond acceptors (Lipinski definition) is 7. The molecule has 0 bridgehead atoms. The number of amides is 1. The summed E-state index contributed by atoms with van der Waals surface area (Å²) < 4.78 is 16.7. The molecule has 0 aliphatic carbocycles. The summed E-state index contributed by atoms with van der Waals surface area (Å²) in [7, 11) is 0. The molecule has 1 aliphatic rings. The topological polar surface area (TPSA) is 92.1 Å². The Balaban J connectivity index is 1.35. The van der Waals surface area contributed by atoms with Crippen LogP contribution in [-0.2, 0) is 6.54 Å². The molecule has 35 heavy (non-hydrogen) atoms. The van der Waals surface area contributed by atoms with Gasteiger partial charge in [0, 0.05) is 62.3 Å². The molecule has 5 rings (SSSR count). The number of hydrogen-bond donors (Lipinski definition) is 1. The number of halogens is 1. The number of carbonyl (C=O) groups excluding carboxylic acids is 1. The fraction of sp³-hybridized carbons (Fsp3) is 0.320. The van der Waals surface area contributed by atoms with Gasteiger partial charge in [-0.05, 0) is 37.7 Å². The highest BCUT2D eigenvalue weighted by atomic mass is 19.1. The van der Waals surface area contributed by atoms with Gasteiger partial charge in [0.25, 0.3) is 5.91 Å². The number of nitrogens with one attached hydrogen (secondary N) is 1. The SMILES string of the molecule is CCN1CCN(C(=O)c2ccc(Nc3ncc(F)c(-c4cn(CC)c5ncccc45)n3)nc2)CC1. The van der Waals surface area contributed by atoms with Crippen LogP contribution >= 0.6 is 0 Å². The Morgan fingerprint density at radius 2 is 1.86 bits per heavy atom. The van der Waals surface area contributed by atoms with Crippen molar-refractivity contribution in [3.63, 3.8) is 0 Å². The van der Waals surface area contributed by atoms with Crippen molar-refractivity contribution in [2.24, 2.45) is 0 Å². The Labute approximate surface area is 202 Å². The van der Waals surface area contributed by atoms with Gasteiger partial charge in [-0.1, -0.05) is 6.92 Å². The van der Waals surface area contributed by atoms with Crippen LogP contribution < -0.4 is 5.32 Å². The van der Waals surface area contributed by atoms with Crippen molar-refractivity contribution < 1.29 is 9.18 Å². The number of rotatable bonds is 6. The molecule has 0 atom stereocenters. The summed E-state index contributed by atoms with van der Waals surface area (Å²) in [6, 6.07) is 7.15. The molecule has 1 N–H and O–H groups in total. The monoisotopic (exact) mass is 474 g/mol. The number of aromatic nitrogens is 5. The van der Waals surface area contributed by atoms with E-state index in [-0.39, 0.29) is 17.5 Å². The van der Waals surface area contributed by atoms with Gasteiger partial charge in [0.05, 0.1) is 11.8 Å². The second-order valence-corrected chi connectivity index (χ2v) is 8.38. The van der Waals surface area contributed by atoms with Crippen LogP contribution in [0.5, 0.6) is 0 Å². The van der Waals surface area contributed by atoms with Crippen molar-refractivity contribution in [3.05, 3.63) is 60.4 Å². The first-order valence-electron chi connectivity index (χ1n) is 11.8. The molecule has 1 fully saturated rings. The standard InChI is InChI=1S/C25H27FN8O/c1-3-32-10-12-34(13-11-32)24(35)17-7-8-21(28-14-17)30-25-29-15-20(26)22(31-25)19-16-33(4-2)23-18(19)6-5-9-27-23/h5-9,14-16H,3-4,10-13H2,1-2H3,(H,28,29,30,31). The first-order chi connectivity index (χ1) is 17.1. The maximum atomic E-state index is 14.8. The zero-order chi connectivity index (χ0) is 24.4. The number of aryl methyl sites for hydroxylation is 1. The fourth-order valence-electron chi connectivity index (χ4n) is 4.33. The second kappa shape index (κ2) is 9.75. The van der Waals surface area contributed by atoms with Crippen molar-refractivity contribution in [1.29, 1.82) is 0 Å². The van der Waals surface area contributed by atoms with E-state index in [9.17, 15) is 9.18 Å². The Hall–Kier alpha value is -3.92. The number of pyridine rings is 2. The van der Waals surface area contributed by atoms with Gasteiger partial charge in [0.1, 0.15) is 17.2 Å². The number of fused-ring (bicyclic) bond motifs is 1. The van der Waals surface area contributed by atoms with Crippen LogP contribution in [0.1, 0.15) is 24.2 Å². The smallest absolute Gasteiger partial charge is 0.255 e. The fourth-order valence-corrected chi connectivity index (χ4v) is 4.33. The average molecular weight is 475 g/mol. The van der Waals surface area contributed by atoms with Gasteiger partial charge in [0.15, 0.2) is 5.82 Å². The molecule has 0 saturated carbocycles. The number of anilines is 2. The van der Waals surface area contributed by atoms with Crippen molar-refractivity contribution in [1.82, 2.24) is 34.3 Å². The van der Waals surface area contributed by atoms with Gasteiger partial charge in [0.2, 0.25) is 5.95 Å². The van der Waals surface area contributed by atoms with Gasteiger partial charge in [-0.15, -0.1) is 0 Å². The Morgan fingerprint density at radius 1 is 1.03 bits per heavy atom. The lowest BCUT2D eigenvalue weighted by Crippen LogP contribution is -2.48. The first-order valence-corrected chi connectivity index (χ1v) is 11.8. The van der Waals surface area contributed by atoms with E-state index in [4.69, 9.17) is 0 Å². The van der Waals surface area contributed by atoms with Gasteiger partial charge in [-0.3, -0.25) is 4.79 Å². The molecule has 0 unspecified atom stereocenters. The van der Waals surface area contributed by atoms with Crippen molar-refractivity contribution in [2.45, 2.75) is 20.4 Å². The highest BCUT2D eigenvalue weighted by Gasteiger charge is 2.22. The van der Waals surface area contributed by atoms with E-state index >= 15 is 0 Å². The Bertz CT molecular complexity index is 1350. The summed E-state index contributed by atoms with van der Waals surface area (Å²) in [5.41, 5.74) is 2.14. The highest BCUT2D eigenvalue weighted by Crippen LogP contribution is 2.30. The Kier molecular flexibility index (Phi) is 6.37. The van der Waals surface area contributed by atoms with Crippen LogP contribution in [0.2, 0.25) is 0 Å². The molecule has 4 aromatic heterocycles. The largest absolute Gasteiger partial charge is 0.336 e. The van der Waals surface area contributed by atoms with Crippen LogP contribution in [0.4, 0.5) is 16.2 Å². The van der Waals surface area contributed by atoms with Gasteiger partial charge in [-0.2, -0.15) is 0 Å². The first kappa shape index (κ1) is 22.9. The summed E-state index contributed by atoms with van der Waals surface area (Å²) in [5, 5.41) is 3.83. The third kappa shape index (κ3) is 4.57. The van der Waals surface area contributed by atoms with E-state index in [1.807, 2.05) is 34.7 Å². The summed E-state index contributed by atoms with van der Waals surface area (Å²) in [6.07, 6.45) is 6.25. The van der Waals surface area contributed by atoms with Crippen molar-refractivity contribution >= 4 is 28.7 Å². The van der Waals surface area contributed by atoms with Gasteiger partial charge < -0.3 is 19.7 Å². The van der Waals surface area contributed by atoms with E-state index in [1.54, 1.807) is 24.5 Å². The molecule has 5 heterocycles. The van der Waals surface area contributed by atoms with Crippen LogP contribution in [-0.4, -0.2) is 72.9 Å². The number of carbonyl (C=O) groups is 1. The minimum absolute atomic E-state index is 0.0268. The van der Waals surface area contributed by atoms with Crippen LogP contribution in [0.3, 0.4) is 0 Å². The summed E-state index contributed by atoms with van der Waals surface area (Å²) in [4.78, 5) is 34.3. The zero-order valence-corrected chi connectivity index (χ0v) is 19.8. The molecule has 0 aromatic carbocycles. The average Bonchev–Trinajstić information content (AvgIpc) is 3.28. The third-order valence-electron chi connectivity index (χ3n) is 6.33. The number of likely N-dealkylation sites (N-methyl/N-ethyl adjacent to an activating group) is 1. The van der Waals surface area contributed by atoms with Crippen molar-refractivity contribution in [2.75, 3.05) is 38.0 Å². The molecule has 9 nitrogen and oxygen atoms in total. The van der Waals surface area contributed by atoms with E-state index in [0.29, 0.717) is 36.6 Å². The summed E-state index contributed by atoms with van der Waals surface area (Å²) in [6.45, 7) is 9.02. The highest BCUT2D eigenvalue weighted by molar-refractivity contribution is 5.94. The maximum absolute atomic E-state index is 14.8.